The van der Waals surface area contributed by atoms with Gasteiger partial charge < -0.3 is 5.11 Å². The van der Waals surface area contributed by atoms with Crippen LogP contribution in [0.15, 0.2) is 4.99 Å². The molecule has 0 saturated carbocycles. The minimum absolute atomic E-state index is 0.0901. The first kappa shape index (κ1) is 23.9. The number of isothiocyanates is 1. The summed E-state index contributed by atoms with van der Waals surface area (Å²) >= 11 is 4.49. The van der Waals surface area contributed by atoms with Gasteiger partial charge in [0.2, 0.25) is 0 Å². The van der Waals surface area contributed by atoms with Gasteiger partial charge in [0.25, 0.3) is 0 Å². The molecule has 0 aromatic rings. The first-order valence-electron chi connectivity index (χ1n) is 9.90. The molecule has 0 aliphatic carbocycles. The van der Waals surface area contributed by atoms with E-state index in [0.717, 1.165) is 25.7 Å². The Bertz CT molecular complexity index is 406. The molecule has 1 atom stereocenters. The number of unbranched alkanes of at least 4 members (excludes halogenated alkanes) is 9. The quantitative estimate of drug-likeness (QED) is 0.187. The Morgan fingerprint density at radius 1 is 0.960 bits per heavy atom. The molecule has 1 unspecified atom stereocenters. The van der Waals surface area contributed by atoms with E-state index in [1.807, 2.05) is 0 Å². The number of aliphatic imine (C=N–C) groups is 1. The number of hydrogen-bond donors (Lipinski definition) is 1. The average molecular weight is 370 g/mol. The van der Waals surface area contributed by atoms with Crippen molar-refractivity contribution in [3.05, 3.63) is 0 Å². The van der Waals surface area contributed by atoms with Crippen molar-refractivity contribution in [2.75, 3.05) is 6.54 Å². The van der Waals surface area contributed by atoms with E-state index in [-0.39, 0.29) is 12.2 Å². The summed E-state index contributed by atoms with van der Waals surface area (Å²) < 4.78 is 0. The van der Waals surface area contributed by atoms with E-state index in [1.54, 1.807) is 0 Å². The molecule has 0 fully saturated rings. The summed E-state index contributed by atoms with van der Waals surface area (Å²) in [6.07, 6.45) is 13.7. The highest BCUT2D eigenvalue weighted by Crippen LogP contribution is 2.17. The molecule has 0 aliphatic heterocycles. The summed E-state index contributed by atoms with van der Waals surface area (Å²) in [5, 5.41) is 11.5. The maximum Gasteiger partial charge on any atom is 0.306 e. The molecule has 0 aromatic carbocycles. The number of carbonyl (C=O) groups excluding carboxylic acids is 1. The lowest BCUT2D eigenvalue weighted by molar-refractivity contribution is -0.144. The third kappa shape index (κ3) is 16.2. The van der Waals surface area contributed by atoms with E-state index in [9.17, 15) is 14.7 Å². The topological polar surface area (TPSA) is 66.7 Å². The van der Waals surface area contributed by atoms with Crippen LogP contribution in [0, 0.1) is 5.92 Å². The zero-order valence-corrected chi connectivity index (χ0v) is 16.6. The van der Waals surface area contributed by atoms with Gasteiger partial charge in [0.05, 0.1) is 11.1 Å². The van der Waals surface area contributed by atoms with Crippen molar-refractivity contribution < 1.29 is 14.7 Å². The van der Waals surface area contributed by atoms with Crippen molar-refractivity contribution in [1.29, 1.82) is 0 Å². The van der Waals surface area contributed by atoms with Crippen LogP contribution in [-0.2, 0) is 9.59 Å². The number of thiocarbonyl (C=S) groups is 1. The Morgan fingerprint density at radius 3 is 2.12 bits per heavy atom. The number of carbonyl (C=O) groups is 2. The van der Waals surface area contributed by atoms with E-state index < -0.39 is 11.9 Å². The van der Waals surface area contributed by atoms with E-state index in [2.05, 4.69) is 29.3 Å². The predicted octanol–water partition coefficient (Wildman–Crippen LogP) is 5.84. The molecule has 5 heteroatoms. The van der Waals surface area contributed by atoms with Gasteiger partial charge in [-0.25, -0.2) is 4.99 Å². The number of ketones is 1. The van der Waals surface area contributed by atoms with Gasteiger partial charge in [-0.3, -0.25) is 9.59 Å². The number of rotatable bonds is 18. The molecule has 144 valence electrons. The molecule has 1 N–H and O–H groups in total. The molecule has 0 heterocycles. The van der Waals surface area contributed by atoms with Gasteiger partial charge >= 0.3 is 5.97 Å². The van der Waals surface area contributed by atoms with Crippen LogP contribution in [0.2, 0.25) is 0 Å². The molecule has 0 amide bonds. The maximum atomic E-state index is 12.0. The highest BCUT2D eigenvalue weighted by molar-refractivity contribution is 7.78. The number of Topliss-reactive ketones (excluding diaryl/α,β-unsaturated/α-hetero) is 1. The highest BCUT2D eigenvalue weighted by Gasteiger charge is 2.20. The standard InChI is InChI=1S/C20H35NO3S/c1-2-3-4-5-6-7-8-9-10-14-19(22)16-18(20(23)24)13-11-12-15-21-17-25/h18H,2-16H2,1H3,(H,23,24). The number of carboxylic acid groups (broad SMARTS) is 1. The molecule has 0 saturated heterocycles. The fourth-order valence-electron chi connectivity index (χ4n) is 2.95. The second kappa shape index (κ2) is 17.8. The van der Waals surface area contributed by atoms with Gasteiger partial charge in [-0.15, -0.1) is 0 Å². The first-order valence-corrected chi connectivity index (χ1v) is 10.3. The molecule has 0 rings (SSSR count). The van der Waals surface area contributed by atoms with Crippen LogP contribution in [0.5, 0.6) is 0 Å². The fourth-order valence-corrected chi connectivity index (χ4v) is 3.04. The molecular weight excluding hydrogens is 334 g/mol. The summed E-state index contributed by atoms with van der Waals surface area (Å²) in [6, 6.07) is 0. The SMILES string of the molecule is CCCCCCCCCCCC(=O)CC(CCCCN=C=S)C(=O)O. The van der Waals surface area contributed by atoms with Crippen LogP contribution in [0.25, 0.3) is 0 Å². The molecule has 0 bridgehead atoms. The van der Waals surface area contributed by atoms with Crippen LogP contribution in [0.4, 0.5) is 0 Å². The highest BCUT2D eigenvalue weighted by atomic mass is 32.1. The smallest absolute Gasteiger partial charge is 0.306 e. The van der Waals surface area contributed by atoms with Crippen molar-refractivity contribution in [1.82, 2.24) is 0 Å². The lowest BCUT2D eigenvalue weighted by Crippen LogP contribution is -2.18. The molecular formula is C20H35NO3S. The Hall–Kier alpha value is -1.06. The largest absolute Gasteiger partial charge is 0.481 e. The van der Waals surface area contributed by atoms with Crippen molar-refractivity contribution >= 4 is 29.1 Å². The Morgan fingerprint density at radius 2 is 1.56 bits per heavy atom. The van der Waals surface area contributed by atoms with Crippen molar-refractivity contribution in [2.24, 2.45) is 10.9 Å². The number of carboxylic acids is 1. The molecule has 0 radical (unpaired) electrons. The zero-order chi connectivity index (χ0) is 18.8. The summed E-state index contributed by atoms with van der Waals surface area (Å²) in [5.74, 6) is -1.33. The Kier molecular flexibility index (Phi) is 17.0. The normalized spacial score (nSPS) is 11.7. The van der Waals surface area contributed by atoms with Gasteiger partial charge in [-0.05, 0) is 31.5 Å². The van der Waals surface area contributed by atoms with Gasteiger partial charge in [0.1, 0.15) is 5.78 Å². The monoisotopic (exact) mass is 369 g/mol. The third-order valence-electron chi connectivity index (χ3n) is 4.52. The summed E-state index contributed by atoms with van der Waals surface area (Å²) in [4.78, 5) is 27.1. The van der Waals surface area contributed by atoms with Crippen LogP contribution >= 0.6 is 12.2 Å². The number of hydrogen-bond acceptors (Lipinski definition) is 4. The average Bonchev–Trinajstić information content (AvgIpc) is 2.59. The molecule has 0 spiro atoms. The second-order valence-corrected chi connectivity index (χ2v) is 7.01. The van der Waals surface area contributed by atoms with Crippen molar-refractivity contribution in [3.63, 3.8) is 0 Å². The maximum absolute atomic E-state index is 12.0. The number of aliphatic carboxylic acids is 1. The minimum atomic E-state index is -0.862. The lowest BCUT2D eigenvalue weighted by Gasteiger charge is -2.11. The van der Waals surface area contributed by atoms with Crippen LogP contribution in [0.3, 0.4) is 0 Å². The van der Waals surface area contributed by atoms with Crippen molar-refractivity contribution in [3.8, 4) is 0 Å². The Labute approximate surface area is 158 Å². The summed E-state index contributed by atoms with van der Waals surface area (Å²) in [5.41, 5.74) is 0. The zero-order valence-electron chi connectivity index (χ0n) is 15.8. The van der Waals surface area contributed by atoms with E-state index in [1.165, 1.54) is 44.9 Å². The molecule has 0 aromatic heterocycles. The molecule has 0 aliphatic rings. The Balaban J connectivity index is 3.71. The third-order valence-corrected chi connectivity index (χ3v) is 4.65. The van der Waals surface area contributed by atoms with Gasteiger partial charge in [-0.2, -0.15) is 0 Å². The second-order valence-electron chi connectivity index (χ2n) is 6.83. The van der Waals surface area contributed by atoms with E-state index >= 15 is 0 Å². The minimum Gasteiger partial charge on any atom is -0.481 e. The van der Waals surface area contributed by atoms with E-state index in [0.29, 0.717) is 19.4 Å². The van der Waals surface area contributed by atoms with Crippen molar-refractivity contribution in [2.45, 2.75) is 96.8 Å². The predicted molar refractivity (Wildman–Crippen MR) is 106 cm³/mol. The van der Waals surface area contributed by atoms with Crippen LogP contribution < -0.4 is 0 Å². The summed E-state index contributed by atoms with van der Waals surface area (Å²) in [6.45, 7) is 2.81. The molecule has 25 heavy (non-hydrogen) atoms. The molecule has 4 nitrogen and oxygen atoms in total. The van der Waals surface area contributed by atoms with Gasteiger partial charge in [0.15, 0.2) is 0 Å². The van der Waals surface area contributed by atoms with E-state index in [4.69, 9.17) is 0 Å². The van der Waals surface area contributed by atoms with Crippen LogP contribution in [-0.4, -0.2) is 28.6 Å². The lowest BCUT2D eigenvalue weighted by atomic mass is 9.94. The summed E-state index contributed by atoms with van der Waals surface area (Å²) in [7, 11) is 0. The van der Waals surface area contributed by atoms with Crippen LogP contribution in [0.1, 0.15) is 96.8 Å². The first-order chi connectivity index (χ1) is 12.1. The fraction of sp³-hybridized carbons (Fsp3) is 0.850. The van der Waals surface area contributed by atoms with Gasteiger partial charge in [-0.1, -0.05) is 64.7 Å². The van der Waals surface area contributed by atoms with Gasteiger partial charge in [0, 0.05) is 19.4 Å². The number of nitrogens with zero attached hydrogens (tertiary/aromatic N) is 1.